The van der Waals surface area contributed by atoms with Crippen LogP contribution >= 0.6 is 23.4 Å². The maximum atomic E-state index is 12.9. The number of carbonyl (C=O) groups excluding carboxylic acids is 1. The largest absolute Gasteiger partial charge is 0.495 e. The summed E-state index contributed by atoms with van der Waals surface area (Å²) in [4.78, 5) is 13.6. The summed E-state index contributed by atoms with van der Waals surface area (Å²) in [6.07, 6.45) is 2.00. The maximum Gasteiger partial charge on any atom is 0.260 e. The number of carbonyl (C=O) groups is 1. The molecule has 2 N–H and O–H groups in total. The highest BCUT2D eigenvalue weighted by atomic mass is 35.5. The van der Waals surface area contributed by atoms with Crippen molar-refractivity contribution in [3.05, 3.63) is 99.0 Å². The van der Waals surface area contributed by atoms with Gasteiger partial charge in [0.05, 0.1) is 17.7 Å². The standard InChI is InChI=1S/C28H26ClN3O2S/c1-17-12-13-25(34-3)23(14-17)30-28-31-27(33)26(35-28)15-21-18(2)32(24-11-7-5-9-20(21)24)16-19-8-4-6-10-22(19)29/h4-15,28,30H,16H2,1-3H3,(H,31,33)/b26-15-. The van der Waals surface area contributed by atoms with Crippen molar-refractivity contribution in [1.82, 2.24) is 9.88 Å². The number of ether oxygens (including phenoxy) is 1. The first-order valence-electron chi connectivity index (χ1n) is 11.4. The highest BCUT2D eigenvalue weighted by molar-refractivity contribution is 8.05. The highest BCUT2D eigenvalue weighted by Gasteiger charge is 2.28. The number of aromatic nitrogens is 1. The summed E-state index contributed by atoms with van der Waals surface area (Å²) in [7, 11) is 1.64. The molecular formula is C28H26ClN3O2S. The van der Waals surface area contributed by atoms with Gasteiger partial charge in [0.2, 0.25) is 0 Å². The number of hydrogen-bond acceptors (Lipinski definition) is 4. The van der Waals surface area contributed by atoms with Gasteiger partial charge in [0.25, 0.3) is 5.91 Å². The molecule has 1 aliphatic heterocycles. The second-order valence-corrected chi connectivity index (χ2v) is 10.1. The fourth-order valence-electron chi connectivity index (χ4n) is 4.41. The average Bonchev–Trinajstić information content (AvgIpc) is 3.32. The van der Waals surface area contributed by atoms with E-state index in [1.807, 2.05) is 67.6 Å². The molecule has 5 rings (SSSR count). The zero-order valence-corrected chi connectivity index (χ0v) is 21.3. The van der Waals surface area contributed by atoms with Gasteiger partial charge in [-0.3, -0.25) is 4.79 Å². The fourth-order valence-corrected chi connectivity index (χ4v) is 5.57. The Balaban J connectivity index is 1.47. The summed E-state index contributed by atoms with van der Waals surface area (Å²) in [5.74, 6) is 0.642. The molecule has 5 nitrogen and oxygen atoms in total. The van der Waals surface area contributed by atoms with Crippen molar-refractivity contribution in [2.45, 2.75) is 25.9 Å². The predicted molar refractivity (Wildman–Crippen MR) is 146 cm³/mol. The van der Waals surface area contributed by atoms with Crippen molar-refractivity contribution in [3.8, 4) is 5.75 Å². The van der Waals surface area contributed by atoms with E-state index in [0.717, 1.165) is 49.7 Å². The molecule has 2 heterocycles. The third-order valence-electron chi connectivity index (χ3n) is 6.21. The summed E-state index contributed by atoms with van der Waals surface area (Å²) in [5.41, 5.74) is 5.96. The van der Waals surface area contributed by atoms with Gasteiger partial charge in [-0.1, -0.05) is 65.8 Å². The molecule has 1 fully saturated rings. The normalized spacial score (nSPS) is 16.6. The van der Waals surface area contributed by atoms with Crippen LogP contribution < -0.4 is 15.4 Å². The Bertz CT molecular complexity index is 1460. The second kappa shape index (κ2) is 9.72. The number of methoxy groups -OCH3 is 1. The minimum absolute atomic E-state index is 0.0959. The lowest BCUT2D eigenvalue weighted by Gasteiger charge is -2.16. The fraction of sp³-hybridized carbons (Fsp3) is 0.179. The molecule has 0 spiro atoms. The predicted octanol–water partition coefficient (Wildman–Crippen LogP) is 6.57. The van der Waals surface area contributed by atoms with Gasteiger partial charge in [-0.25, -0.2) is 0 Å². The smallest absolute Gasteiger partial charge is 0.260 e. The lowest BCUT2D eigenvalue weighted by molar-refractivity contribution is -0.116. The number of anilines is 1. The Morgan fingerprint density at radius 1 is 1.11 bits per heavy atom. The van der Waals surface area contributed by atoms with E-state index in [1.165, 1.54) is 11.8 Å². The van der Waals surface area contributed by atoms with E-state index < -0.39 is 0 Å². The molecular weight excluding hydrogens is 478 g/mol. The van der Waals surface area contributed by atoms with Crippen LogP contribution in [0.3, 0.4) is 0 Å². The Labute approximate surface area is 214 Å². The summed E-state index contributed by atoms with van der Waals surface area (Å²) in [6.45, 7) is 4.78. The van der Waals surface area contributed by atoms with Gasteiger partial charge in [-0.2, -0.15) is 0 Å². The zero-order chi connectivity index (χ0) is 24.5. The number of rotatable bonds is 6. The molecule has 1 amide bonds. The van der Waals surface area contributed by atoms with E-state index in [9.17, 15) is 4.79 Å². The summed E-state index contributed by atoms with van der Waals surface area (Å²) in [5, 5.41) is 8.27. The molecule has 7 heteroatoms. The quantitative estimate of drug-likeness (QED) is 0.292. The Kier molecular flexibility index (Phi) is 6.50. The molecule has 1 atom stereocenters. The number of nitrogens with one attached hydrogen (secondary N) is 2. The summed E-state index contributed by atoms with van der Waals surface area (Å²) < 4.78 is 7.73. The minimum atomic E-state index is -0.291. The highest BCUT2D eigenvalue weighted by Crippen LogP contribution is 2.36. The van der Waals surface area contributed by atoms with Gasteiger partial charge in [-0.05, 0) is 55.3 Å². The van der Waals surface area contributed by atoms with Gasteiger partial charge < -0.3 is 19.9 Å². The third kappa shape index (κ3) is 4.64. The number of hydrogen-bond donors (Lipinski definition) is 2. The van der Waals surface area contributed by atoms with Crippen LogP contribution in [0.5, 0.6) is 5.75 Å². The molecule has 1 aliphatic rings. The van der Waals surface area contributed by atoms with Crippen molar-refractivity contribution in [2.75, 3.05) is 12.4 Å². The number of amides is 1. The van der Waals surface area contributed by atoms with Crippen LogP contribution in [0.25, 0.3) is 17.0 Å². The summed E-state index contributed by atoms with van der Waals surface area (Å²) >= 11 is 7.93. The lowest BCUT2D eigenvalue weighted by Crippen LogP contribution is -2.31. The van der Waals surface area contributed by atoms with Crippen molar-refractivity contribution in [3.63, 3.8) is 0 Å². The van der Waals surface area contributed by atoms with E-state index in [4.69, 9.17) is 16.3 Å². The van der Waals surface area contributed by atoms with Gasteiger partial charge in [0.15, 0.2) is 5.50 Å². The van der Waals surface area contributed by atoms with E-state index >= 15 is 0 Å². The average molecular weight is 504 g/mol. The molecule has 0 radical (unpaired) electrons. The molecule has 0 saturated carbocycles. The van der Waals surface area contributed by atoms with Crippen molar-refractivity contribution < 1.29 is 9.53 Å². The van der Waals surface area contributed by atoms with E-state index in [0.29, 0.717) is 11.4 Å². The van der Waals surface area contributed by atoms with Gasteiger partial charge in [-0.15, -0.1) is 0 Å². The number of thioether (sulfide) groups is 1. The molecule has 1 aromatic heterocycles. The monoisotopic (exact) mass is 503 g/mol. The van der Waals surface area contributed by atoms with Gasteiger partial charge >= 0.3 is 0 Å². The Morgan fingerprint density at radius 2 is 1.89 bits per heavy atom. The molecule has 1 unspecified atom stereocenters. The van der Waals surface area contributed by atoms with E-state index in [2.05, 4.69) is 34.3 Å². The SMILES string of the molecule is COc1ccc(C)cc1NC1NC(=O)/C(=C/c2c(C)n(Cc3ccccc3Cl)c3ccccc23)S1. The van der Waals surface area contributed by atoms with Crippen LogP contribution in [0, 0.1) is 13.8 Å². The first-order chi connectivity index (χ1) is 16.9. The second-order valence-electron chi connectivity index (χ2n) is 8.52. The molecule has 0 bridgehead atoms. The molecule has 35 heavy (non-hydrogen) atoms. The number of aryl methyl sites for hydroxylation is 1. The van der Waals surface area contributed by atoms with Crippen molar-refractivity contribution in [1.29, 1.82) is 0 Å². The Morgan fingerprint density at radius 3 is 2.69 bits per heavy atom. The van der Waals surface area contributed by atoms with Crippen LogP contribution in [0.15, 0.2) is 71.6 Å². The van der Waals surface area contributed by atoms with Gasteiger partial charge in [0, 0.05) is 33.7 Å². The summed E-state index contributed by atoms with van der Waals surface area (Å²) in [6, 6.07) is 22.1. The van der Waals surface area contributed by atoms with Crippen LogP contribution in [-0.4, -0.2) is 23.1 Å². The number of halogens is 1. The van der Waals surface area contributed by atoms with Crippen LogP contribution in [-0.2, 0) is 11.3 Å². The van der Waals surface area contributed by atoms with Crippen LogP contribution in [0.1, 0.15) is 22.4 Å². The topological polar surface area (TPSA) is 55.3 Å². The van der Waals surface area contributed by atoms with E-state index in [1.54, 1.807) is 7.11 Å². The third-order valence-corrected chi connectivity index (χ3v) is 7.61. The van der Waals surface area contributed by atoms with E-state index in [-0.39, 0.29) is 11.4 Å². The van der Waals surface area contributed by atoms with Crippen LogP contribution in [0.4, 0.5) is 5.69 Å². The molecule has 1 saturated heterocycles. The van der Waals surface area contributed by atoms with Crippen molar-refractivity contribution in [2.24, 2.45) is 0 Å². The zero-order valence-electron chi connectivity index (χ0n) is 19.8. The van der Waals surface area contributed by atoms with Crippen LogP contribution in [0.2, 0.25) is 5.02 Å². The number of fused-ring (bicyclic) bond motifs is 1. The first kappa shape index (κ1) is 23.4. The number of para-hydroxylation sites is 1. The van der Waals surface area contributed by atoms with Crippen molar-refractivity contribution >= 4 is 51.9 Å². The van der Waals surface area contributed by atoms with Gasteiger partial charge in [0.1, 0.15) is 5.75 Å². The molecule has 178 valence electrons. The molecule has 4 aromatic rings. The molecule has 3 aromatic carbocycles. The lowest BCUT2D eigenvalue weighted by atomic mass is 10.1. The minimum Gasteiger partial charge on any atom is -0.495 e. The first-order valence-corrected chi connectivity index (χ1v) is 12.6. The number of nitrogens with zero attached hydrogens (tertiary/aromatic N) is 1. The maximum absolute atomic E-state index is 12.9. The molecule has 0 aliphatic carbocycles. The number of benzene rings is 3. The Hall–Kier alpha value is -3.35.